The van der Waals surface area contributed by atoms with E-state index in [1.807, 2.05) is 42.5 Å². The third-order valence-corrected chi connectivity index (χ3v) is 5.00. The maximum absolute atomic E-state index is 6.34. The zero-order chi connectivity index (χ0) is 16.7. The fraction of sp³-hybridized carbons (Fsp3) is 0.222. The van der Waals surface area contributed by atoms with Crippen LogP contribution in [0.4, 0.5) is 5.69 Å². The van der Waals surface area contributed by atoms with Crippen LogP contribution in [0.1, 0.15) is 11.7 Å². The Morgan fingerprint density at radius 2 is 1.83 bits per heavy atom. The first-order valence-electron chi connectivity index (χ1n) is 7.82. The lowest BCUT2D eigenvalue weighted by Crippen LogP contribution is -2.43. The van der Waals surface area contributed by atoms with Crippen molar-refractivity contribution in [1.29, 1.82) is 0 Å². The average molecular weight is 355 g/mol. The molecule has 0 saturated carbocycles. The fourth-order valence-corrected chi connectivity index (χ4v) is 3.95. The molecule has 24 heavy (non-hydrogen) atoms. The third-order valence-electron chi connectivity index (χ3n) is 4.42. The summed E-state index contributed by atoms with van der Waals surface area (Å²) in [6.45, 7) is 1.23. The van der Waals surface area contributed by atoms with E-state index in [0.717, 1.165) is 28.7 Å². The SMILES string of the molecule is NC(=S)CN1CC2C(c3ccccc3)Oc3ccccc3N2C1=S. The molecule has 0 bridgehead atoms. The molecule has 2 aliphatic heterocycles. The van der Waals surface area contributed by atoms with E-state index in [1.165, 1.54) is 0 Å². The van der Waals surface area contributed by atoms with Gasteiger partial charge >= 0.3 is 0 Å². The maximum Gasteiger partial charge on any atom is 0.177 e. The van der Waals surface area contributed by atoms with Crippen molar-refractivity contribution in [2.75, 3.05) is 18.0 Å². The van der Waals surface area contributed by atoms with Crippen molar-refractivity contribution in [2.24, 2.45) is 5.73 Å². The molecule has 0 spiro atoms. The Bertz CT molecular complexity index is 796. The normalized spacial score (nSPS) is 21.9. The lowest BCUT2D eigenvalue weighted by Gasteiger charge is -2.38. The van der Waals surface area contributed by atoms with Crippen LogP contribution in [-0.4, -0.2) is 34.1 Å². The molecular weight excluding hydrogens is 338 g/mol. The zero-order valence-corrected chi connectivity index (χ0v) is 14.6. The van der Waals surface area contributed by atoms with Gasteiger partial charge in [-0.15, -0.1) is 0 Å². The Morgan fingerprint density at radius 1 is 1.12 bits per heavy atom. The third kappa shape index (κ3) is 2.52. The highest BCUT2D eigenvalue weighted by Gasteiger charge is 2.45. The lowest BCUT2D eigenvalue weighted by atomic mass is 9.99. The van der Waals surface area contributed by atoms with Gasteiger partial charge in [-0.2, -0.15) is 0 Å². The summed E-state index contributed by atoms with van der Waals surface area (Å²) in [6, 6.07) is 18.4. The summed E-state index contributed by atoms with van der Waals surface area (Å²) in [4.78, 5) is 4.69. The number of anilines is 1. The van der Waals surface area contributed by atoms with Gasteiger partial charge in [0.1, 0.15) is 11.9 Å². The van der Waals surface area contributed by atoms with Crippen LogP contribution < -0.4 is 15.4 Å². The Morgan fingerprint density at radius 3 is 2.58 bits per heavy atom. The molecule has 0 aliphatic carbocycles. The zero-order valence-electron chi connectivity index (χ0n) is 13.0. The first-order chi connectivity index (χ1) is 11.6. The van der Waals surface area contributed by atoms with E-state index in [2.05, 4.69) is 21.9 Å². The largest absolute Gasteiger partial charge is 0.481 e. The van der Waals surface area contributed by atoms with Crippen LogP contribution in [0.2, 0.25) is 0 Å². The number of fused-ring (bicyclic) bond motifs is 3. The number of hydrogen-bond acceptors (Lipinski definition) is 3. The first kappa shape index (κ1) is 15.4. The molecule has 2 unspecified atom stereocenters. The molecule has 2 aliphatic rings. The van der Waals surface area contributed by atoms with Gasteiger partial charge in [0.05, 0.1) is 23.3 Å². The van der Waals surface area contributed by atoms with Crippen molar-refractivity contribution >= 4 is 40.2 Å². The van der Waals surface area contributed by atoms with Crippen molar-refractivity contribution in [2.45, 2.75) is 12.1 Å². The number of para-hydroxylation sites is 2. The molecule has 2 aromatic rings. The molecule has 1 fully saturated rings. The minimum atomic E-state index is -0.0876. The van der Waals surface area contributed by atoms with Crippen LogP contribution in [-0.2, 0) is 0 Å². The van der Waals surface area contributed by atoms with Crippen LogP contribution in [0.5, 0.6) is 5.75 Å². The molecule has 2 atom stereocenters. The Hall–Kier alpha value is -2.18. The second-order valence-corrected chi connectivity index (χ2v) is 6.87. The van der Waals surface area contributed by atoms with Gasteiger partial charge in [-0.1, -0.05) is 54.7 Å². The average Bonchev–Trinajstić information content (AvgIpc) is 2.91. The molecule has 4 rings (SSSR count). The van der Waals surface area contributed by atoms with Gasteiger partial charge in [0.25, 0.3) is 0 Å². The van der Waals surface area contributed by atoms with Crippen molar-refractivity contribution in [1.82, 2.24) is 4.90 Å². The van der Waals surface area contributed by atoms with Gasteiger partial charge in [0.2, 0.25) is 0 Å². The molecule has 0 amide bonds. The van der Waals surface area contributed by atoms with Crippen molar-refractivity contribution in [3.8, 4) is 5.75 Å². The van der Waals surface area contributed by atoms with Crippen LogP contribution in [0, 0.1) is 0 Å². The number of ether oxygens (including phenoxy) is 1. The number of nitrogens with two attached hydrogens (primary N) is 1. The van der Waals surface area contributed by atoms with Crippen LogP contribution in [0.25, 0.3) is 0 Å². The summed E-state index contributed by atoms with van der Waals surface area (Å²) in [7, 11) is 0. The highest BCUT2D eigenvalue weighted by atomic mass is 32.1. The number of hydrogen-bond donors (Lipinski definition) is 1. The second-order valence-electron chi connectivity index (χ2n) is 5.98. The molecule has 2 aromatic carbocycles. The topological polar surface area (TPSA) is 41.7 Å². The van der Waals surface area contributed by atoms with Crippen molar-refractivity contribution < 1.29 is 4.74 Å². The predicted molar refractivity (Wildman–Crippen MR) is 103 cm³/mol. The van der Waals surface area contributed by atoms with Gasteiger partial charge < -0.3 is 20.3 Å². The van der Waals surface area contributed by atoms with Crippen molar-refractivity contribution in [3.05, 3.63) is 60.2 Å². The molecule has 0 radical (unpaired) electrons. The lowest BCUT2D eigenvalue weighted by molar-refractivity contribution is 0.161. The maximum atomic E-state index is 6.34. The number of thiocarbonyl (C=S) groups is 2. The predicted octanol–water partition coefficient (Wildman–Crippen LogP) is 2.88. The smallest absolute Gasteiger partial charge is 0.177 e. The molecule has 2 N–H and O–H groups in total. The van der Waals surface area contributed by atoms with Gasteiger partial charge in [-0.25, -0.2) is 0 Å². The minimum absolute atomic E-state index is 0.0876. The van der Waals surface area contributed by atoms with Gasteiger partial charge in [-0.05, 0) is 29.9 Å². The molecule has 122 valence electrons. The molecule has 2 heterocycles. The van der Waals surface area contributed by atoms with Gasteiger partial charge in [0, 0.05) is 6.54 Å². The van der Waals surface area contributed by atoms with E-state index in [1.54, 1.807) is 0 Å². The summed E-state index contributed by atoms with van der Waals surface area (Å²) in [5, 5.41) is 0.754. The van der Waals surface area contributed by atoms with E-state index < -0.39 is 0 Å². The number of rotatable bonds is 3. The van der Waals surface area contributed by atoms with Crippen LogP contribution in [0.15, 0.2) is 54.6 Å². The first-order valence-corrected chi connectivity index (χ1v) is 8.64. The Balaban J connectivity index is 1.77. The van der Waals surface area contributed by atoms with Crippen LogP contribution in [0.3, 0.4) is 0 Å². The highest BCUT2D eigenvalue weighted by molar-refractivity contribution is 7.80. The Labute approximate surface area is 151 Å². The van der Waals surface area contributed by atoms with E-state index in [4.69, 9.17) is 34.9 Å². The molecule has 1 saturated heterocycles. The van der Waals surface area contributed by atoms with E-state index >= 15 is 0 Å². The van der Waals surface area contributed by atoms with E-state index in [0.29, 0.717) is 11.5 Å². The number of nitrogens with zero attached hydrogens (tertiary/aromatic N) is 2. The van der Waals surface area contributed by atoms with Crippen LogP contribution >= 0.6 is 24.4 Å². The molecule has 6 heteroatoms. The van der Waals surface area contributed by atoms with Crippen molar-refractivity contribution in [3.63, 3.8) is 0 Å². The minimum Gasteiger partial charge on any atom is -0.481 e. The standard InChI is InChI=1S/C18H17N3OS2/c19-16(23)11-20-10-14-17(12-6-2-1-3-7-12)22-15-9-5-4-8-13(15)21(14)18(20)24/h1-9,14,17H,10-11H2,(H2,19,23). The number of benzene rings is 2. The van der Waals surface area contributed by atoms with E-state index in [9.17, 15) is 0 Å². The summed E-state index contributed by atoms with van der Waals surface area (Å²) >= 11 is 10.8. The fourth-order valence-electron chi connectivity index (χ4n) is 3.42. The summed E-state index contributed by atoms with van der Waals surface area (Å²) < 4.78 is 6.34. The highest BCUT2D eigenvalue weighted by Crippen LogP contribution is 2.44. The summed E-state index contributed by atoms with van der Waals surface area (Å²) in [5.74, 6) is 0.849. The summed E-state index contributed by atoms with van der Waals surface area (Å²) in [5.41, 5.74) is 7.89. The second kappa shape index (κ2) is 6.03. The molecular formula is C18H17N3OS2. The monoisotopic (exact) mass is 355 g/mol. The van der Waals surface area contributed by atoms with Gasteiger partial charge in [-0.3, -0.25) is 0 Å². The Kier molecular flexibility index (Phi) is 3.86. The summed E-state index contributed by atoms with van der Waals surface area (Å²) in [6.07, 6.45) is -0.0876. The molecule has 4 nitrogen and oxygen atoms in total. The quantitative estimate of drug-likeness (QED) is 0.854. The van der Waals surface area contributed by atoms with Gasteiger partial charge in [0.15, 0.2) is 5.11 Å². The molecule has 0 aromatic heterocycles. The van der Waals surface area contributed by atoms with E-state index in [-0.39, 0.29) is 12.1 Å².